The van der Waals surface area contributed by atoms with Crippen molar-refractivity contribution in [3.63, 3.8) is 0 Å². The molecule has 1 unspecified atom stereocenters. The van der Waals surface area contributed by atoms with Gasteiger partial charge >= 0.3 is 0 Å². The standard InChI is InChI=1S/C19H31F/c1-9-17(13-18(10-2)19(7,8)20)16(6)12-11-15(5)14(3)4/h9-16H,1H2,2-8H3/b12-11-,17-13+,18-10+/t15?,16-/m1/s1. The summed E-state index contributed by atoms with van der Waals surface area (Å²) in [7, 11) is 0. The van der Waals surface area contributed by atoms with E-state index in [2.05, 4.69) is 46.4 Å². The number of allylic oxidation sites excluding steroid dienone is 7. The first-order valence-corrected chi connectivity index (χ1v) is 7.51. The minimum absolute atomic E-state index is 0.242. The Labute approximate surface area is 125 Å². The van der Waals surface area contributed by atoms with E-state index in [1.807, 2.05) is 25.2 Å². The number of rotatable bonds is 7. The van der Waals surface area contributed by atoms with Crippen molar-refractivity contribution in [1.29, 1.82) is 0 Å². The largest absolute Gasteiger partial charge is 0.239 e. The summed E-state index contributed by atoms with van der Waals surface area (Å²) < 4.78 is 14.1. The van der Waals surface area contributed by atoms with Crippen molar-refractivity contribution < 1.29 is 4.39 Å². The molecule has 0 radical (unpaired) electrons. The molecule has 0 saturated carbocycles. The van der Waals surface area contributed by atoms with Crippen LogP contribution in [0, 0.1) is 17.8 Å². The summed E-state index contributed by atoms with van der Waals surface area (Å²) in [6.45, 7) is 17.7. The molecule has 1 heteroatoms. The Morgan fingerprint density at radius 1 is 1.10 bits per heavy atom. The Balaban J connectivity index is 5.14. The van der Waals surface area contributed by atoms with Gasteiger partial charge in [0.2, 0.25) is 0 Å². The lowest BCUT2D eigenvalue weighted by Gasteiger charge is -2.18. The predicted molar refractivity (Wildman–Crippen MR) is 89.5 cm³/mol. The molecule has 0 aromatic rings. The molecule has 20 heavy (non-hydrogen) atoms. The van der Waals surface area contributed by atoms with Crippen molar-refractivity contribution in [3.05, 3.63) is 48.1 Å². The van der Waals surface area contributed by atoms with Gasteiger partial charge in [-0.1, -0.05) is 64.7 Å². The second kappa shape index (κ2) is 8.24. The smallest absolute Gasteiger partial charge is 0.130 e. The minimum atomic E-state index is -1.32. The monoisotopic (exact) mass is 278 g/mol. The van der Waals surface area contributed by atoms with Crippen molar-refractivity contribution in [3.8, 4) is 0 Å². The summed E-state index contributed by atoms with van der Waals surface area (Å²) in [5, 5.41) is 0. The topological polar surface area (TPSA) is 0 Å². The van der Waals surface area contributed by atoms with Crippen LogP contribution in [0.3, 0.4) is 0 Å². The van der Waals surface area contributed by atoms with E-state index < -0.39 is 5.67 Å². The third-order valence-electron chi connectivity index (χ3n) is 3.84. The zero-order chi connectivity index (χ0) is 15.9. The van der Waals surface area contributed by atoms with Gasteiger partial charge in [0, 0.05) is 0 Å². The van der Waals surface area contributed by atoms with E-state index in [0.29, 0.717) is 17.4 Å². The molecule has 0 nitrogen and oxygen atoms in total. The van der Waals surface area contributed by atoms with Crippen LogP contribution < -0.4 is 0 Å². The van der Waals surface area contributed by atoms with E-state index in [-0.39, 0.29) is 5.92 Å². The lowest BCUT2D eigenvalue weighted by atomic mass is 9.90. The summed E-state index contributed by atoms with van der Waals surface area (Å²) in [5.41, 5.74) is 0.429. The van der Waals surface area contributed by atoms with Gasteiger partial charge in [0.05, 0.1) is 0 Å². The molecule has 0 aromatic heterocycles. The van der Waals surface area contributed by atoms with Crippen molar-refractivity contribution in [2.45, 2.75) is 54.1 Å². The Morgan fingerprint density at radius 3 is 2.00 bits per heavy atom. The summed E-state index contributed by atoms with van der Waals surface area (Å²) in [6, 6.07) is 0. The molecule has 0 amide bonds. The molecule has 114 valence electrons. The molecule has 0 spiro atoms. The zero-order valence-corrected chi connectivity index (χ0v) is 14.2. The summed E-state index contributed by atoms with van der Waals surface area (Å²) in [5.74, 6) is 1.42. The molecule has 2 atom stereocenters. The average molecular weight is 278 g/mol. The predicted octanol–water partition coefficient (Wildman–Crippen LogP) is 6.28. The van der Waals surface area contributed by atoms with Gasteiger partial charge < -0.3 is 0 Å². The molecular formula is C19H31F. The lowest BCUT2D eigenvalue weighted by Crippen LogP contribution is -2.14. The highest BCUT2D eigenvalue weighted by molar-refractivity contribution is 5.36. The number of hydrogen-bond acceptors (Lipinski definition) is 0. The molecule has 0 aliphatic carbocycles. The van der Waals surface area contributed by atoms with Gasteiger partial charge in [0.25, 0.3) is 0 Å². The first kappa shape index (κ1) is 18.9. The highest BCUT2D eigenvalue weighted by Crippen LogP contribution is 2.26. The quantitative estimate of drug-likeness (QED) is 0.380. The minimum Gasteiger partial charge on any atom is -0.239 e. The van der Waals surface area contributed by atoms with E-state index in [0.717, 1.165) is 5.57 Å². The lowest BCUT2D eigenvalue weighted by molar-refractivity contribution is 0.273. The van der Waals surface area contributed by atoms with Crippen LogP contribution in [-0.2, 0) is 0 Å². The number of hydrogen-bond donors (Lipinski definition) is 0. The SMILES string of the molecule is C=C/C(=C\C(=C/C)C(C)(C)F)[C@H](C)/C=C\C(C)C(C)C. The zero-order valence-electron chi connectivity index (χ0n) is 14.2. The van der Waals surface area contributed by atoms with Crippen LogP contribution in [0.15, 0.2) is 48.1 Å². The Bertz CT molecular complexity index is 388. The fourth-order valence-corrected chi connectivity index (χ4v) is 1.83. The highest BCUT2D eigenvalue weighted by Gasteiger charge is 2.20. The van der Waals surface area contributed by atoms with E-state index in [9.17, 15) is 4.39 Å². The van der Waals surface area contributed by atoms with Crippen molar-refractivity contribution >= 4 is 0 Å². The van der Waals surface area contributed by atoms with Gasteiger partial charge in [-0.05, 0) is 49.7 Å². The van der Waals surface area contributed by atoms with Crippen molar-refractivity contribution in [1.82, 2.24) is 0 Å². The molecule has 0 N–H and O–H groups in total. The summed E-state index contributed by atoms with van der Waals surface area (Å²) in [6.07, 6.45) is 10.0. The second-order valence-corrected chi connectivity index (χ2v) is 6.34. The molecule has 0 aliphatic rings. The van der Waals surface area contributed by atoms with Crippen LogP contribution in [0.2, 0.25) is 0 Å². The normalized spacial score (nSPS) is 17.6. The van der Waals surface area contributed by atoms with Crippen LogP contribution in [0.4, 0.5) is 4.39 Å². The van der Waals surface area contributed by atoms with Crippen molar-refractivity contribution in [2.24, 2.45) is 17.8 Å². The molecule has 0 bridgehead atoms. The van der Waals surface area contributed by atoms with Crippen LogP contribution >= 0.6 is 0 Å². The van der Waals surface area contributed by atoms with Gasteiger partial charge in [-0.15, -0.1) is 0 Å². The van der Waals surface area contributed by atoms with Gasteiger partial charge in [0.15, 0.2) is 0 Å². The average Bonchev–Trinajstić information content (AvgIpc) is 2.35. The Morgan fingerprint density at radius 2 is 1.65 bits per heavy atom. The summed E-state index contributed by atoms with van der Waals surface area (Å²) >= 11 is 0. The van der Waals surface area contributed by atoms with E-state index in [1.54, 1.807) is 13.8 Å². The van der Waals surface area contributed by atoms with Crippen LogP contribution in [0.5, 0.6) is 0 Å². The van der Waals surface area contributed by atoms with Gasteiger partial charge in [0.1, 0.15) is 5.67 Å². The van der Waals surface area contributed by atoms with E-state index in [4.69, 9.17) is 0 Å². The molecule has 0 aliphatic heterocycles. The molecular weight excluding hydrogens is 247 g/mol. The number of halogens is 1. The fraction of sp³-hybridized carbons (Fsp3) is 0.579. The molecule has 0 rings (SSSR count). The van der Waals surface area contributed by atoms with E-state index >= 15 is 0 Å². The molecule has 0 heterocycles. The van der Waals surface area contributed by atoms with Gasteiger partial charge in [-0.3, -0.25) is 0 Å². The Kier molecular flexibility index (Phi) is 7.78. The molecule has 0 saturated heterocycles. The van der Waals surface area contributed by atoms with Gasteiger partial charge in [-0.25, -0.2) is 4.39 Å². The maximum Gasteiger partial charge on any atom is 0.130 e. The summed E-state index contributed by atoms with van der Waals surface area (Å²) in [4.78, 5) is 0. The third kappa shape index (κ3) is 6.36. The molecule has 0 aromatic carbocycles. The maximum atomic E-state index is 14.1. The van der Waals surface area contributed by atoms with Crippen LogP contribution in [-0.4, -0.2) is 5.67 Å². The van der Waals surface area contributed by atoms with Crippen LogP contribution in [0.25, 0.3) is 0 Å². The molecule has 0 fully saturated rings. The third-order valence-corrected chi connectivity index (χ3v) is 3.84. The fourth-order valence-electron chi connectivity index (χ4n) is 1.83. The second-order valence-electron chi connectivity index (χ2n) is 6.34. The maximum absolute atomic E-state index is 14.1. The number of alkyl halides is 1. The highest BCUT2D eigenvalue weighted by atomic mass is 19.1. The van der Waals surface area contributed by atoms with E-state index in [1.165, 1.54) is 0 Å². The van der Waals surface area contributed by atoms with Crippen molar-refractivity contribution in [2.75, 3.05) is 0 Å². The van der Waals surface area contributed by atoms with Crippen LogP contribution in [0.1, 0.15) is 48.5 Å². The first-order valence-electron chi connectivity index (χ1n) is 7.51. The van der Waals surface area contributed by atoms with Gasteiger partial charge in [-0.2, -0.15) is 0 Å². The Hall–Kier alpha value is -1.11. The first-order chi connectivity index (χ1) is 9.13.